The van der Waals surface area contributed by atoms with Crippen LogP contribution in [0.2, 0.25) is 0 Å². The van der Waals surface area contributed by atoms with E-state index in [-0.39, 0.29) is 113 Å². The molecule has 28 nitrogen and oxygen atoms in total. The monoisotopic (exact) mass is 1390 g/mol. The zero-order valence-electron chi connectivity index (χ0n) is 56.6. The molecule has 9 aliphatic rings. The second-order valence-corrected chi connectivity index (χ2v) is 28.0. The molecule has 10 N–H and O–H groups in total. The third-order valence-electron chi connectivity index (χ3n) is 19.9. The van der Waals surface area contributed by atoms with E-state index < -0.39 is 88.5 Å². The number of H-pyrrole nitrogens is 1. The summed E-state index contributed by atoms with van der Waals surface area (Å²) in [6.07, 6.45) is 4.15. The molecule has 0 saturated carbocycles. The Bertz CT molecular complexity index is 4190. The summed E-state index contributed by atoms with van der Waals surface area (Å²) in [5, 5.41) is 41.8. The zero-order chi connectivity index (χ0) is 71.1. The van der Waals surface area contributed by atoms with E-state index in [4.69, 9.17) is 34.2 Å². The number of aromatic hydroxyl groups is 1. The number of nitrogens with one attached hydrogen (secondary N) is 7. The number of aromatic amines is 1. The minimum Gasteiger partial charge on any atom is -0.504 e. The van der Waals surface area contributed by atoms with Crippen molar-refractivity contribution in [2.24, 2.45) is 11.7 Å². The van der Waals surface area contributed by atoms with Gasteiger partial charge in [-0.05, 0) is 99.4 Å². The van der Waals surface area contributed by atoms with Crippen LogP contribution in [0.25, 0.3) is 10.9 Å². The topological polar surface area (TPSA) is 377 Å². The van der Waals surface area contributed by atoms with Crippen molar-refractivity contribution < 1.29 is 76.7 Å². The van der Waals surface area contributed by atoms with Crippen molar-refractivity contribution in [1.82, 2.24) is 46.3 Å². The number of nitriles is 1. The van der Waals surface area contributed by atoms with Gasteiger partial charge in [0.15, 0.2) is 28.5 Å². The molecule has 528 valence electrons. The van der Waals surface area contributed by atoms with E-state index in [0.29, 0.717) is 87.7 Å². The summed E-state index contributed by atoms with van der Waals surface area (Å²) in [5.41, 5.74) is 9.19. The maximum Gasteiger partial charge on any atom is 0.407 e. The number of imide groups is 1. The van der Waals surface area contributed by atoms with Gasteiger partial charge >= 0.3 is 24.1 Å². The average molecular weight is 1390 g/mol. The van der Waals surface area contributed by atoms with E-state index in [1.54, 1.807) is 45.0 Å². The van der Waals surface area contributed by atoms with Gasteiger partial charge in [-0.1, -0.05) is 56.7 Å². The number of aryl methyl sites for hydroxylation is 1. The number of esters is 2. The molecular weight excluding hydrogens is 1310 g/mol. The highest BCUT2D eigenvalue weighted by Gasteiger charge is 2.65. The summed E-state index contributed by atoms with van der Waals surface area (Å²) in [7, 11) is 3.44. The third kappa shape index (κ3) is 13.3. The molecule has 100 heavy (non-hydrogen) atoms. The summed E-state index contributed by atoms with van der Waals surface area (Å²) >= 11 is 1.41. The van der Waals surface area contributed by atoms with Crippen molar-refractivity contribution in [1.29, 1.82) is 5.26 Å². The van der Waals surface area contributed by atoms with Crippen molar-refractivity contribution >= 4 is 82.0 Å². The number of unbranched alkanes of at least 4 members (excludes halogenated alkanes) is 2. The van der Waals surface area contributed by atoms with Gasteiger partial charge in [0.25, 0.3) is 11.8 Å². The number of likely N-dealkylation sites (N-methyl/N-ethyl adjacent to an activating group) is 1. The number of nitrogens with zero attached hydrogens (tertiary/aromatic N) is 4. The molecule has 8 amide bonds. The number of piperazine rings is 1. The first kappa shape index (κ1) is 70.0. The number of primary amides is 1. The number of para-hydroxylation sites is 1. The van der Waals surface area contributed by atoms with Crippen molar-refractivity contribution in [3.05, 3.63) is 117 Å². The molecule has 5 aromatic rings. The largest absolute Gasteiger partial charge is 0.504 e. The molecule has 14 rings (SSSR count). The highest BCUT2D eigenvalue weighted by Crippen LogP contribution is 2.66. The van der Waals surface area contributed by atoms with Crippen LogP contribution in [0.4, 0.5) is 15.3 Å². The van der Waals surface area contributed by atoms with Crippen LogP contribution in [0.15, 0.2) is 66.7 Å². The van der Waals surface area contributed by atoms with E-state index in [9.17, 15) is 48.7 Å². The molecule has 10 atom stereocenters. The molecule has 2 saturated heterocycles. The van der Waals surface area contributed by atoms with E-state index in [1.807, 2.05) is 44.3 Å². The minimum absolute atomic E-state index is 0.0122. The second-order valence-electron chi connectivity index (χ2n) is 26.9. The van der Waals surface area contributed by atoms with Crippen LogP contribution in [-0.2, 0) is 68.0 Å². The summed E-state index contributed by atoms with van der Waals surface area (Å²) in [4.78, 5) is 128. The van der Waals surface area contributed by atoms with Gasteiger partial charge in [-0.15, -0.1) is 11.8 Å². The molecular formula is C71H82N12O16S. The average Bonchev–Trinajstić information content (AvgIpc) is 1.34. The first-order valence-electron chi connectivity index (χ1n) is 33.5. The van der Waals surface area contributed by atoms with Crippen LogP contribution < -0.4 is 56.6 Å². The molecule has 2 fully saturated rings. The maximum atomic E-state index is 15.8. The van der Waals surface area contributed by atoms with Gasteiger partial charge in [0.2, 0.25) is 24.5 Å². The lowest BCUT2D eigenvalue weighted by Gasteiger charge is -2.60. The number of amides is 8. The maximum absolute atomic E-state index is 15.8. The number of alkyl carbamates (subject to hydrolysis) is 1. The van der Waals surface area contributed by atoms with Crippen molar-refractivity contribution in [2.45, 2.75) is 145 Å². The molecule has 1 spiro atoms. The number of urea groups is 1. The van der Waals surface area contributed by atoms with Gasteiger partial charge in [0.05, 0.1) is 36.2 Å². The smallest absolute Gasteiger partial charge is 0.407 e. The Morgan fingerprint density at radius 2 is 1.66 bits per heavy atom. The number of carbonyl (C=O) groups excluding carboxylic acids is 9. The lowest BCUT2D eigenvalue weighted by Crippen LogP contribution is -2.70. The second kappa shape index (κ2) is 28.8. The number of nitrogens with two attached hydrogens (primary N) is 1. The van der Waals surface area contributed by atoms with Gasteiger partial charge in [-0.25, -0.2) is 14.4 Å². The number of methoxy groups -OCH3 is 1. The molecule has 1 aromatic heterocycles. The molecule has 29 heteroatoms. The Morgan fingerprint density at radius 1 is 0.910 bits per heavy atom. The van der Waals surface area contributed by atoms with Gasteiger partial charge in [-0.2, -0.15) is 5.26 Å². The number of benzene rings is 4. The lowest BCUT2D eigenvalue weighted by atomic mass is 9.76. The van der Waals surface area contributed by atoms with Crippen LogP contribution in [0.5, 0.6) is 28.7 Å². The van der Waals surface area contributed by atoms with Crippen molar-refractivity contribution in [2.75, 3.05) is 64.8 Å². The van der Waals surface area contributed by atoms with Crippen molar-refractivity contribution in [3.63, 3.8) is 0 Å². The number of aromatic nitrogens is 1. The van der Waals surface area contributed by atoms with Crippen molar-refractivity contribution in [3.8, 4) is 34.8 Å². The number of phenols is 1. The predicted molar refractivity (Wildman–Crippen MR) is 364 cm³/mol. The van der Waals surface area contributed by atoms with E-state index in [1.165, 1.54) is 37.9 Å². The molecule has 0 aliphatic carbocycles. The van der Waals surface area contributed by atoms with Crippen LogP contribution >= 0.6 is 11.8 Å². The van der Waals surface area contributed by atoms with E-state index >= 15 is 4.79 Å². The quantitative estimate of drug-likeness (QED) is 0.0177. The van der Waals surface area contributed by atoms with Gasteiger partial charge in [0.1, 0.15) is 36.6 Å². The molecule has 9 aliphatic heterocycles. The predicted octanol–water partition coefficient (Wildman–Crippen LogP) is 5.55. The first-order valence-corrected chi connectivity index (χ1v) is 34.6. The fraction of sp³-hybridized carbons (Fsp3) is 0.465. The van der Waals surface area contributed by atoms with E-state index in [0.717, 1.165) is 26.9 Å². The molecule has 2 unspecified atom stereocenters. The summed E-state index contributed by atoms with van der Waals surface area (Å²) < 4.78 is 37.2. The number of hydrogen-bond donors (Lipinski definition) is 9. The Hall–Kier alpha value is -9.89. The minimum atomic E-state index is -1.63. The third-order valence-corrected chi connectivity index (χ3v) is 21.4. The number of anilines is 1. The first-order chi connectivity index (χ1) is 48.0. The summed E-state index contributed by atoms with van der Waals surface area (Å²) in [5.74, 6) is -2.63. The molecule has 4 aromatic carbocycles. The van der Waals surface area contributed by atoms with Gasteiger partial charge < -0.3 is 70.8 Å². The van der Waals surface area contributed by atoms with Gasteiger partial charge in [0, 0.05) is 115 Å². The number of carbonyl (C=O) groups is 9. The molecule has 4 bridgehead atoms. The molecule has 0 radical (unpaired) electrons. The highest BCUT2D eigenvalue weighted by atomic mass is 32.2. The summed E-state index contributed by atoms with van der Waals surface area (Å²) in [6.45, 7) is 8.44. The fourth-order valence-electron chi connectivity index (χ4n) is 15.5. The standard InChI is InChI=1S/C71H82N12O16S/c1-36(2)55(79-49(85)17-9-8-12-25-82-50(86)22-23-51(82)87)66(90)78-47(16-13-24-74-68(73)92)65(89)76-42-20-18-40(19-21-42)30-96-69(93)75-29-43-27-45-44-14-10-11-15-46(44)77-64(45)71(80-43)34-100-63-54-53(62-61(97-35-98-62)38(4)60(54)99-39(5)84)48(31-95-67(71)91)83-57(63)56-52-41(26-37(3)59(94-7)58(52)88)28-70(83,32-72)33-81(56)6/h10-11,14-15,18-23,26,36,43,47-48,55-57,63,77,80,88H,8-9,12-13,16-17,24-25,27-31,33-35H2,1-7H3,(H,75,93)(H,76,89)(H,78,90)(H,79,85)(H3,73,74,92)/t43-,47+,48+,55+,56+,57-,63-,70?,71-/m1/s1. The number of thioether (sulfide) groups is 1. The number of rotatable bonds is 22. The number of hydrogen-bond acceptors (Lipinski definition) is 21. The number of ether oxygens (including phenoxy) is 6. The SMILES string of the molecule is COc1c(C)cc2c(c1O)[C@H]1[C@@H]3[C@@H]4SC[C@]5(N[C@@H](CNC(=O)OCc6ccc(NC(=O)[C@H](CCCNC(N)=O)NC(=O)[C@@H](NC(=O)CCCCCN7C(=O)C=CC7=O)C(C)C)cc6)Cc6c5[nH]c5ccccc65)C(=O)OC[C@@H](c5c6c(c(C)c(OC(C)=O)c54)OCO6)N3C(C#N)(C2)CN1C. The Labute approximate surface area is 581 Å². The number of phenolic OH excluding ortho intramolecular Hbond substituents is 1. The normalized spacial score (nSPS) is 23.6. The Kier molecular flexibility index (Phi) is 20.1. The van der Waals surface area contributed by atoms with Crippen LogP contribution in [0.3, 0.4) is 0 Å². The van der Waals surface area contributed by atoms with E-state index in [2.05, 4.69) is 52.8 Å². The van der Waals surface area contributed by atoms with Gasteiger partial charge in [-0.3, -0.25) is 48.8 Å². The fourth-order valence-corrected chi connectivity index (χ4v) is 17.2. The molecule has 10 heterocycles. The van der Waals surface area contributed by atoms with Crippen LogP contribution in [0, 0.1) is 31.1 Å². The number of fused-ring (bicyclic) bond motifs is 8. The zero-order valence-corrected chi connectivity index (χ0v) is 57.4. The summed E-state index contributed by atoms with van der Waals surface area (Å²) in [6, 6.07) is 13.3. The van der Waals surface area contributed by atoms with Crippen LogP contribution in [-0.4, -0.2) is 168 Å². The highest BCUT2D eigenvalue weighted by molar-refractivity contribution is 7.99. The Morgan fingerprint density at radius 3 is 2.38 bits per heavy atom. The Balaban J connectivity index is 0.755. The van der Waals surface area contributed by atoms with Crippen LogP contribution in [0.1, 0.15) is 127 Å². The lowest BCUT2D eigenvalue weighted by molar-refractivity contribution is -0.158.